The van der Waals surface area contributed by atoms with Gasteiger partial charge in [0.25, 0.3) is 0 Å². The fourth-order valence-corrected chi connectivity index (χ4v) is 4.81. The van der Waals surface area contributed by atoms with E-state index in [1.165, 1.54) is 0 Å². The predicted octanol–water partition coefficient (Wildman–Crippen LogP) is 4.00. The Morgan fingerprint density at radius 2 is 1.61 bits per heavy atom. The molecule has 3 aliphatic rings. The van der Waals surface area contributed by atoms with E-state index in [1.54, 1.807) is 38.5 Å². The Kier molecular flexibility index (Phi) is 4.35. The first-order valence-corrected chi connectivity index (χ1v) is 10.6. The van der Waals surface area contributed by atoms with Gasteiger partial charge >= 0.3 is 0 Å². The van der Waals surface area contributed by atoms with Gasteiger partial charge in [0, 0.05) is 23.2 Å². The van der Waals surface area contributed by atoms with Gasteiger partial charge in [0.2, 0.25) is 6.79 Å². The van der Waals surface area contributed by atoms with Gasteiger partial charge in [-0.25, -0.2) is 0 Å². The molecule has 3 aromatic carbocycles. The lowest BCUT2D eigenvalue weighted by Gasteiger charge is -2.37. The van der Waals surface area contributed by atoms with Crippen molar-refractivity contribution in [3.63, 3.8) is 0 Å². The van der Waals surface area contributed by atoms with Crippen molar-refractivity contribution >= 4 is 17.1 Å². The van der Waals surface area contributed by atoms with Crippen molar-refractivity contribution in [3.05, 3.63) is 82.4 Å². The van der Waals surface area contributed by atoms with E-state index in [4.69, 9.17) is 18.9 Å². The highest BCUT2D eigenvalue weighted by atomic mass is 16.7. The number of rotatable bonds is 4. The van der Waals surface area contributed by atoms with Crippen LogP contribution in [0.3, 0.4) is 0 Å². The van der Waals surface area contributed by atoms with Crippen LogP contribution >= 0.6 is 0 Å². The van der Waals surface area contributed by atoms with Crippen LogP contribution in [0.25, 0.3) is 11.3 Å². The average molecular weight is 443 g/mol. The van der Waals surface area contributed by atoms with Gasteiger partial charge in [-0.3, -0.25) is 4.79 Å². The first-order valence-electron chi connectivity index (χ1n) is 10.6. The van der Waals surface area contributed by atoms with Crippen LogP contribution in [-0.2, 0) is 6.54 Å². The SMILES string of the molecule is COc1cc2c(cc1OC)C1=C(C2=O)c2cc3c(cc2C(O)N1Cc1ccccc1)OCO3. The van der Waals surface area contributed by atoms with Crippen molar-refractivity contribution in [1.82, 2.24) is 4.90 Å². The summed E-state index contributed by atoms with van der Waals surface area (Å²) < 4.78 is 22.1. The van der Waals surface area contributed by atoms with Gasteiger partial charge in [-0.1, -0.05) is 30.3 Å². The molecular formula is C26H21NO6. The van der Waals surface area contributed by atoms with Crippen molar-refractivity contribution in [1.29, 1.82) is 0 Å². The quantitative estimate of drug-likeness (QED) is 0.653. The first kappa shape index (κ1) is 19.7. The van der Waals surface area contributed by atoms with Crippen LogP contribution in [0.15, 0.2) is 54.6 Å². The molecule has 3 aromatic rings. The van der Waals surface area contributed by atoms with E-state index in [-0.39, 0.29) is 12.6 Å². The minimum Gasteiger partial charge on any atom is -0.493 e. The van der Waals surface area contributed by atoms with Gasteiger partial charge < -0.3 is 29.0 Å². The van der Waals surface area contributed by atoms with Crippen molar-refractivity contribution in [2.75, 3.05) is 21.0 Å². The molecule has 2 heterocycles. The minimum atomic E-state index is -0.986. The number of ether oxygens (including phenoxy) is 4. The second kappa shape index (κ2) is 7.28. The molecule has 2 aliphatic heterocycles. The largest absolute Gasteiger partial charge is 0.493 e. The topological polar surface area (TPSA) is 77.5 Å². The van der Waals surface area contributed by atoms with Gasteiger partial charge in [0.05, 0.1) is 25.5 Å². The number of aliphatic hydroxyl groups is 1. The first-order chi connectivity index (χ1) is 16.1. The van der Waals surface area contributed by atoms with Crippen LogP contribution < -0.4 is 18.9 Å². The molecule has 0 fully saturated rings. The van der Waals surface area contributed by atoms with Gasteiger partial charge in [-0.15, -0.1) is 0 Å². The normalized spacial score (nSPS) is 17.6. The molecule has 1 atom stereocenters. The smallest absolute Gasteiger partial charge is 0.231 e. The number of nitrogens with zero attached hydrogens (tertiary/aromatic N) is 1. The lowest BCUT2D eigenvalue weighted by atomic mass is 9.90. The molecule has 7 heteroatoms. The monoisotopic (exact) mass is 443 g/mol. The van der Waals surface area contributed by atoms with Gasteiger partial charge in [-0.2, -0.15) is 0 Å². The van der Waals surface area contributed by atoms with Gasteiger partial charge in [0.15, 0.2) is 35.0 Å². The van der Waals surface area contributed by atoms with E-state index in [0.29, 0.717) is 63.1 Å². The number of aliphatic hydroxyl groups excluding tert-OH is 1. The number of ketones is 1. The molecule has 0 saturated carbocycles. The van der Waals surface area contributed by atoms with Crippen LogP contribution in [0.4, 0.5) is 0 Å². The molecular weight excluding hydrogens is 422 g/mol. The molecule has 6 rings (SSSR count). The summed E-state index contributed by atoms with van der Waals surface area (Å²) >= 11 is 0. The molecule has 1 unspecified atom stereocenters. The van der Waals surface area contributed by atoms with E-state index >= 15 is 0 Å². The molecule has 1 aliphatic carbocycles. The Hall–Kier alpha value is -3.97. The Bertz CT molecular complexity index is 1330. The molecule has 0 aromatic heterocycles. The third kappa shape index (κ3) is 2.82. The van der Waals surface area contributed by atoms with Gasteiger partial charge in [-0.05, 0) is 35.4 Å². The highest BCUT2D eigenvalue weighted by molar-refractivity contribution is 6.40. The van der Waals surface area contributed by atoms with Crippen molar-refractivity contribution in [3.8, 4) is 23.0 Å². The predicted molar refractivity (Wildman–Crippen MR) is 120 cm³/mol. The molecule has 1 N–H and O–H groups in total. The Morgan fingerprint density at radius 1 is 0.939 bits per heavy atom. The fourth-order valence-electron chi connectivity index (χ4n) is 4.81. The minimum absolute atomic E-state index is 0.108. The Morgan fingerprint density at radius 3 is 2.30 bits per heavy atom. The number of hydrogen-bond donors (Lipinski definition) is 1. The summed E-state index contributed by atoms with van der Waals surface area (Å²) in [6.07, 6.45) is -0.986. The number of carbonyl (C=O) groups excluding carboxylic acids is 1. The molecule has 0 radical (unpaired) electrons. The molecule has 7 nitrogen and oxygen atoms in total. The number of hydrogen-bond acceptors (Lipinski definition) is 7. The average Bonchev–Trinajstić information content (AvgIpc) is 3.42. The van der Waals surface area contributed by atoms with Crippen LogP contribution in [0.2, 0.25) is 0 Å². The summed E-state index contributed by atoms with van der Waals surface area (Å²) in [6, 6.07) is 16.9. The second-order valence-electron chi connectivity index (χ2n) is 8.09. The number of Topliss-reactive ketones (excluding diaryl/α,β-unsaturated/α-hetero) is 1. The molecule has 33 heavy (non-hydrogen) atoms. The lowest BCUT2D eigenvalue weighted by molar-refractivity contribution is 0.0378. The van der Waals surface area contributed by atoms with Gasteiger partial charge in [0.1, 0.15) is 0 Å². The summed E-state index contributed by atoms with van der Waals surface area (Å²) in [5.41, 5.74) is 4.65. The number of fused-ring (bicyclic) bond motifs is 5. The van der Waals surface area contributed by atoms with Crippen LogP contribution in [0, 0.1) is 0 Å². The zero-order chi connectivity index (χ0) is 22.7. The number of allylic oxidation sites excluding steroid dienone is 1. The standard InChI is InChI=1S/C26H21NO6/c1-30-19-9-16-17(10-20(19)31-2)25(28)23-15-8-21-22(33-13-32-21)11-18(15)26(29)27(24(16)23)12-14-6-4-3-5-7-14/h3-11,26,29H,12-13H2,1-2H3. The summed E-state index contributed by atoms with van der Waals surface area (Å²) in [5, 5.41) is 11.5. The third-order valence-corrected chi connectivity index (χ3v) is 6.36. The molecule has 0 amide bonds. The summed E-state index contributed by atoms with van der Waals surface area (Å²) in [6.45, 7) is 0.520. The van der Waals surface area contributed by atoms with Crippen LogP contribution in [-0.4, -0.2) is 36.8 Å². The highest BCUT2D eigenvalue weighted by Crippen LogP contribution is 2.53. The molecule has 0 spiro atoms. The van der Waals surface area contributed by atoms with Crippen LogP contribution in [0.1, 0.15) is 38.8 Å². The third-order valence-electron chi connectivity index (χ3n) is 6.36. The summed E-state index contributed by atoms with van der Waals surface area (Å²) in [5.74, 6) is 1.98. The number of carbonyl (C=O) groups is 1. The second-order valence-corrected chi connectivity index (χ2v) is 8.09. The van der Waals surface area contributed by atoms with E-state index < -0.39 is 6.23 Å². The molecule has 166 valence electrons. The zero-order valence-corrected chi connectivity index (χ0v) is 18.1. The van der Waals surface area contributed by atoms with E-state index in [2.05, 4.69) is 0 Å². The zero-order valence-electron chi connectivity index (χ0n) is 18.1. The molecule has 0 saturated heterocycles. The number of methoxy groups -OCH3 is 2. The van der Waals surface area contributed by atoms with E-state index in [1.807, 2.05) is 35.2 Å². The maximum Gasteiger partial charge on any atom is 0.231 e. The summed E-state index contributed by atoms with van der Waals surface area (Å²) in [4.78, 5) is 15.6. The Balaban J connectivity index is 1.60. The van der Waals surface area contributed by atoms with Crippen molar-refractivity contribution in [2.24, 2.45) is 0 Å². The van der Waals surface area contributed by atoms with Crippen molar-refractivity contribution < 1.29 is 28.8 Å². The van der Waals surface area contributed by atoms with Crippen molar-refractivity contribution in [2.45, 2.75) is 12.8 Å². The lowest BCUT2D eigenvalue weighted by Crippen LogP contribution is -2.31. The maximum absolute atomic E-state index is 13.7. The maximum atomic E-state index is 13.7. The van der Waals surface area contributed by atoms with E-state index in [0.717, 1.165) is 5.56 Å². The fraction of sp³-hybridized carbons (Fsp3) is 0.192. The van der Waals surface area contributed by atoms with E-state index in [9.17, 15) is 9.90 Å². The summed E-state index contributed by atoms with van der Waals surface area (Å²) in [7, 11) is 3.10. The Labute approximate surface area is 190 Å². The highest BCUT2D eigenvalue weighted by Gasteiger charge is 2.43. The molecule has 0 bridgehead atoms. The number of benzene rings is 3. The van der Waals surface area contributed by atoms with Crippen LogP contribution in [0.5, 0.6) is 23.0 Å².